The number of carbonyl (C=O) groups excluding carboxylic acids is 2. The predicted octanol–water partition coefficient (Wildman–Crippen LogP) is 3.05. The van der Waals surface area contributed by atoms with Gasteiger partial charge in [-0.2, -0.15) is 0 Å². The van der Waals surface area contributed by atoms with E-state index < -0.39 is 48.4 Å². The molecular formula is C25H44O9. The van der Waals surface area contributed by atoms with Gasteiger partial charge in [-0.15, -0.1) is 0 Å². The van der Waals surface area contributed by atoms with Crippen molar-refractivity contribution in [3.63, 3.8) is 0 Å². The lowest BCUT2D eigenvalue weighted by atomic mass is 9.94. The molecule has 0 bridgehead atoms. The Morgan fingerprint density at radius 3 is 1.82 bits per heavy atom. The quantitative estimate of drug-likeness (QED) is 0.202. The van der Waals surface area contributed by atoms with E-state index in [1.807, 2.05) is 0 Å². The maximum absolute atomic E-state index is 12.5. The first kappa shape index (κ1) is 29.0. The van der Waals surface area contributed by atoms with Gasteiger partial charge in [-0.3, -0.25) is 9.59 Å². The van der Waals surface area contributed by atoms with Crippen molar-refractivity contribution in [2.24, 2.45) is 5.92 Å². The molecule has 9 heteroatoms. The van der Waals surface area contributed by atoms with Gasteiger partial charge < -0.3 is 34.6 Å². The molecule has 2 unspecified atom stereocenters. The SMILES string of the molecule is CCCCCCCCCCCCCCCCC1CC(=O)O[C@]2(O)[C@@H](O)[C@H](O)COC2(O)OC1=O. The monoisotopic (exact) mass is 488 g/mol. The molecular weight excluding hydrogens is 444 g/mol. The maximum atomic E-state index is 12.5. The van der Waals surface area contributed by atoms with Crippen LogP contribution in [0.3, 0.4) is 0 Å². The molecule has 2 aliphatic heterocycles. The van der Waals surface area contributed by atoms with Gasteiger partial charge in [-0.05, 0) is 6.42 Å². The fraction of sp³-hybridized carbons (Fsp3) is 0.920. The van der Waals surface area contributed by atoms with Crippen LogP contribution in [0, 0.1) is 5.92 Å². The second-order valence-electron chi connectivity index (χ2n) is 9.78. The van der Waals surface area contributed by atoms with Crippen LogP contribution in [0.1, 0.15) is 110 Å². The van der Waals surface area contributed by atoms with E-state index in [2.05, 4.69) is 6.92 Å². The highest BCUT2D eigenvalue weighted by atomic mass is 16.9. The number of carbonyl (C=O) groups is 2. The molecule has 198 valence electrons. The highest BCUT2D eigenvalue weighted by Crippen LogP contribution is 2.39. The molecule has 0 amide bonds. The van der Waals surface area contributed by atoms with Crippen LogP contribution in [-0.4, -0.2) is 62.9 Å². The molecule has 9 nitrogen and oxygen atoms in total. The first-order valence-electron chi connectivity index (χ1n) is 13.1. The van der Waals surface area contributed by atoms with Crippen molar-refractivity contribution in [3.8, 4) is 0 Å². The van der Waals surface area contributed by atoms with Crippen molar-refractivity contribution in [2.75, 3.05) is 6.61 Å². The van der Waals surface area contributed by atoms with Gasteiger partial charge in [0, 0.05) is 0 Å². The largest absolute Gasteiger partial charge is 0.420 e. The number of aliphatic hydroxyl groups is 4. The molecule has 2 heterocycles. The van der Waals surface area contributed by atoms with Crippen LogP contribution in [0.25, 0.3) is 0 Å². The van der Waals surface area contributed by atoms with Crippen molar-refractivity contribution in [1.82, 2.24) is 0 Å². The molecule has 0 aromatic heterocycles. The topological polar surface area (TPSA) is 143 Å². The summed E-state index contributed by atoms with van der Waals surface area (Å²) in [6, 6.07) is 0. The summed E-state index contributed by atoms with van der Waals surface area (Å²) in [7, 11) is 0. The number of hydrogen-bond acceptors (Lipinski definition) is 9. The zero-order chi connectivity index (χ0) is 25.0. The van der Waals surface area contributed by atoms with Crippen LogP contribution in [0.2, 0.25) is 0 Å². The van der Waals surface area contributed by atoms with Crippen LogP contribution >= 0.6 is 0 Å². The molecule has 0 saturated carbocycles. The third-order valence-electron chi connectivity index (χ3n) is 6.83. The second kappa shape index (κ2) is 14.3. The zero-order valence-electron chi connectivity index (χ0n) is 20.6. The van der Waals surface area contributed by atoms with Crippen LogP contribution in [-0.2, 0) is 23.8 Å². The number of esters is 2. The maximum Gasteiger partial charge on any atom is 0.399 e. The average molecular weight is 489 g/mol. The normalized spacial score (nSPS) is 31.9. The van der Waals surface area contributed by atoms with Crippen molar-refractivity contribution < 1.29 is 44.2 Å². The lowest BCUT2D eigenvalue weighted by Crippen LogP contribution is -2.73. The molecule has 2 rings (SSSR count). The van der Waals surface area contributed by atoms with Crippen LogP contribution < -0.4 is 0 Å². The van der Waals surface area contributed by atoms with Crippen molar-refractivity contribution in [2.45, 2.75) is 134 Å². The van der Waals surface area contributed by atoms with Gasteiger partial charge in [0.15, 0.2) is 6.10 Å². The van der Waals surface area contributed by atoms with Gasteiger partial charge >= 0.3 is 23.7 Å². The number of rotatable bonds is 15. The molecule has 2 fully saturated rings. The van der Waals surface area contributed by atoms with Crippen molar-refractivity contribution >= 4 is 11.9 Å². The summed E-state index contributed by atoms with van der Waals surface area (Å²) in [5, 5.41) is 40.7. The van der Waals surface area contributed by atoms with Gasteiger partial charge in [0.2, 0.25) is 0 Å². The number of ether oxygens (including phenoxy) is 3. The van der Waals surface area contributed by atoms with E-state index in [1.54, 1.807) is 0 Å². The minimum Gasteiger partial charge on any atom is -0.420 e. The van der Waals surface area contributed by atoms with Crippen molar-refractivity contribution in [1.29, 1.82) is 0 Å². The minimum absolute atomic E-state index is 0.363. The van der Waals surface area contributed by atoms with E-state index in [1.165, 1.54) is 64.2 Å². The molecule has 4 N–H and O–H groups in total. The van der Waals surface area contributed by atoms with Crippen LogP contribution in [0.15, 0.2) is 0 Å². The Kier molecular flexibility index (Phi) is 12.2. The van der Waals surface area contributed by atoms with E-state index in [9.17, 15) is 30.0 Å². The standard InChI is InChI=1S/C25H44O9/c1-2-3-4-5-6-7-8-9-10-11-12-13-14-15-16-19-17-21(27)33-24(30)22(28)20(26)18-32-25(24,31)34-23(19)29/h19-20,22,26,28,30-31H,2-18H2,1H3/t19?,20-,22+,24-,25?/m1/s1. The molecule has 0 aliphatic carbocycles. The Morgan fingerprint density at radius 1 is 0.794 bits per heavy atom. The summed E-state index contributed by atoms with van der Waals surface area (Å²) in [5.41, 5.74) is 0. The summed E-state index contributed by atoms with van der Waals surface area (Å²) in [4.78, 5) is 24.8. The van der Waals surface area contributed by atoms with Gasteiger partial charge in [0.1, 0.15) is 6.10 Å². The number of aliphatic hydroxyl groups excluding tert-OH is 2. The fourth-order valence-electron chi connectivity index (χ4n) is 4.59. The molecule has 2 saturated heterocycles. The summed E-state index contributed by atoms with van der Waals surface area (Å²) in [6.45, 7) is 1.62. The molecule has 0 spiro atoms. The molecule has 0 aromatic carbocycles. The highest BCUT2D eigenvalue weighted by Gasteiger charge is 2.68. The van der Waals surface area contributed by atoms with Gasteiger partial charge in [-0.25, -0.2) is 0 Å². The molecule has 2 aliphatic rings. The third kappa shape index (κ3) is 8.16. The lowest BCUT2D eigenvalue weighted by molar-refractivity contribution is -0.500. The molecule has 5 atom stereocenters. The summed E-state index contributed by atoms with van der Waals surface area (Å²) >= 11 is 0. The van der Waals surface area contributed by atoms with Gasteiger partial charge in [-0.1, -0.05) is 96.8 Å². The minimum atomic E-state index is -3.11. The van der Waals surface area contributed by atoms with E-state index in [0.717, 1.165) is 19.3 Å². The number of unbranched alkanes of at least 4 members (excludes halogenated alkanes) is 13. The number of hydrogen-bond donors (Lipinski definition) is 4. The fourth-order valence-corrected chi connectivity index (χ4v) is 4.59. The van der Waals surface area contributed by atoms with Crippen LogP contribution in [0.5, 0.6) is 0 Å². The summed E-state index contributed by atoms with van der Waals surface area (Å²) < 4.78 is 14.6. The van der Waals surface area contributed by atoms with E-state index in [-0.39, 0.29) is 6.42 Å². The zero-order valence-corrected chi connectivity index (χ0v) is 20.6. The van der Waals surface area contributed by atoms with Gasteiger partial charge in [0.05, 0.1) is 18.9 Å². The molecule has 0 radical (unpaired) electrons. The smallest absolute Gasteiger partial charge is 0.399 e. The van der Waals surface area contributed by atoms with Gasteiger partial charge in [0.25, 0.3) is 0 Å². The van der Waals surface area contributed by atoms with E-state index in [0.29, 0.717) is 12.8 Å². The van der Waals surface area contributed by atoms with Crippen LogP contribution in [0.4, 0.5) is 0 Å². The lowest BCUT2D eigenvalue weighted by Gasteiger charge is -2.48. The number of fused-ring (bicyclic) bond motifs is 1. The Balaban J connectivity index is 1.62. The Bertz CT molecular complexity index is 628. The Hall–Kier alpha value is -1.26. The first-order chi connectivity index (χ1) is 16.2. The van der Waals surface area contributed by atoms with E-state index >= 15 is 0 Å². The average Bonchev–Trinajstić information content (AvgIpc) is 2.79. The Morgan fingerprint density at radius 2 is 1.29 bits per heavy atom. The summed E-state index contributed by atoms with van der Waals surface area (Å²) in [5.74, 6) is -8.98. The summed E-state index contributed by atoms with van der Waals surface area (Å²) in [6.07, 6.45) is 13.1. The highest BCUT2D eigenvalue weighted by molar-refractivity contribution is 5.81. The molecule has 34 heavy (non-hydrogen) atoms. The predicted molar refractivity (Wildman–Crippen MR) is 123 cm³/mol. The first-order valence-corrected chi connectivity index (χ1v) is 13.1. The van der Waals surface area contributed by atoms with E-state index in [4.69, 9.17) is 14.2 Å². The Labute approximate surface area is 202 Å². The molecule has 0 aromatic rings. The van der Waals surface area contributed by atoms with Crippen molar-refractivity contribution in [3.05, 3.63) is 0 Å². The second-order valence-corrected chi connectivity index (χ2v) is 9.78. The third-order valence-corrected chi connectivity index (χ3v) is 6.83.